The van der Waals surface area contributed by atoms with Crippen molar-refractivity contribution in [3.8, 4) is 0 Å². The Morgan fingerprint density at radius 3 is 2.47 bits per heavy atom. The highest BCUT2D eigenvalue weighted by atomic mass is 16.4. The van der Waals surface area contributed by atoms with E-state index in [4.69, 9.17) is 0 Å². The Hall–Kier alpha value is -1.52. The van der Waals surface area contributed by atoms with E-state index in [2.05, 4.69) is 12.2 Å². The number of aliphatic carboxylic acids is 1. The second kappa shape index (κ2) is 6.59. The van der Waals surface area contributed by atoms with Crippen molar-refractivity contribution in [1.29, 1.82) is 0 Å². The molecule has 19 heavy (non-hydrogen) atoms. The lowest BCUT2D eigenvalue weighted by Gasteiger charge is -2.30. The molecule has 0 bridgehead atoms. The number of nitrogens with one attached hydrogen (secondary N) is 1. The van der Waals surface area contributed by atoms with Crippen LogP contribution in [0, 0.1) is 5.41 Å². The molecule has 2 N–H and O–H groups in total. The van der Waals surface area contributed by atoms with Crippen LogP contribution in [0.3, 0.4) is 0 Å². The number of carbonyl (C=O) groups is 2. The number of amides is 2. The Kier molecular flexibility index (Phi) is 5.39. The van der Waals surface area contributed by atoms with Crippen molar-refractivity contribution in [2.24, 2.45) is 5.41 Å². The average Bonchev–Trinajstić information content (AvgIpc) is 2.40. The van der Waals surface area contributed by atoms with Crippen LogP contribution in [-0.2, 0) is 4.79 Å². The van der Waals surface area contributed by atoms with Crippen LogP contribution in [0.25, 0.3) is 0 Å². The summed E-state index contributed by atoms with van der Waals surface area (Å²) >= 11 is 0. The lowest BCUT2D eigenvalue weighted by molar-refractivity contribution is -0.149. The molecule has 0 atom stereocenters. The van der Waals surface area contributed by atoms with Gasteiger partial charge >= 0.3 is 12.0 Å². The van der Waals surface area contributed by atoms with Gasteiger partial charge < -0.3 is 15.3 Å². The molecule has 108 valence electrons. The van der Waals surface area contributed by atoms with Gasteiger partial charge in [0.25, 0.3) is 0 Å². The molecule has 0 aromatic rings. The van der Waals surface area contributed by atoms with Gasteiger partial charge in [-0.15, -0.1) is 0 Å². The molecule has 0 spiro atoms. The van der Waals surface area contributed by atoms with E-state index < -0.39 is 11.4 Å². The average molecular weight is 268 g/mol. The maximum absolute atomic E-state index is 12.0. The molecule has 1 rings (SSSR count). The minimum Gasteiger partial charge on any atom is -0.481 e. The van der Waals surface area contributed by atoms with Crippen molar-refractivity contribution in [3.63, 3.8) is 0 Å². The van der Waals surface area contributed by atoms with E-state index in [9.17, 15) is 14.7 Å². The van der Waals surface area contributed by atoms with Gasteiger partial charge in [-0.2, -0.15) is 0 Å². The molecule has 0 fully saturated rings. The molecule has 2 amide bonds. The first-order valence-electron chi connectivity index (χ1n) is 6.87. The number of carbonyl (C=O) groups excluding carboxylic acids is 1. The van der Waals surface area contributed by atoms with Crippen LogP contribution < -0.4 is 5.32 Å². The highest BCUT2D eigenvalue weighted by Gasteiger charge is 2.35. The first kappa shape index (κ1) is 15.5. The summed E-state index contributed by atoms with van der Waals surface area (Å²) in [5.74, 6) is -0.841. The summed E-state index contributed by atoms with van der Waals surface area (Å²) in [6.07, 6.45) is 3.95. The van der Waals surface area contributed by atoms with Crippen LogP contribution in [0.4, 0.5) is 4.79 Å². The molecule has 0 aromatic carbocycles. The molecule has 0 aliphatic carbocycles. The molecule has 1 heterocycles. The number of carboxylic acid groups (broad SMARTS) is 1. The summed E-state index contributed by atoms with van der Waals surface area (Å²) in [7, 11) is 0. The zero-order valence-corrected chi connectivity index (χ0v) is 12.0. The second-order valence-electron chi connectivity index (χ2n) is 5.20. The van der Waals surface area contributed by atoms with E-state index in [1.165, 1.54) is 5.57 Å². The molecule has 0 unspecified atom stereocenters. The first-order chi connectivity index (χ1) is 8.95. The third kappa shape index (κ3) is 3.72. The molecular formula is C14H24N2O3. The summed E-state index contributed by atoms with van der Waals surface area (Å²) in [5, 5.41) is 12.1. The number of rotatable bonds is 5. The zero-order valence-electron chi connectivity index (χ0n) is 12.0. The predicted molar refractivity (Wildman–Crippen MR) is 74.0 cm³/mol. The monoisotopic (exact) mass is 268 g/mol. The SMILES string of the molecule is CCC(CC)(CNC(=O)N1CC=C(C)CC1)C(=O)O. The van der Waals surface area contributed by atoms with Gasteiger partial charge in [0.15, 0.2) is 0 Å². The number of carboxylic acids is 1. The Balaban J connectivity index is 2.56. The predicted octanol–water partition coefficient (Wildman–Crippen LogP) is 2.24. The van der Waals surface area contributed by atoms with Gasteiger partial charge in [-0.25, -0.2) is 4.79 Å². The van der Waals surface area contributed by atoms with Crippen molar-refractivity contribution in [2.45, 2.75) is 40.0 Å². The number of hydrogen-bond donors (Lipinski definition) is 2. The highest BCUT2D eigenvalue weighted by molar-refractivity contribution is 5.78. The van der Waals surface area contributed by atoms with E-state index in [1.807, 2.05) is 19.9 Å². The molecule has 0 saturated carbocycles. The van der Waals surface area contributed by atoms with Gasteiger partial charge in [-0.3, -0.25) is 4.79 Å². The fourth-order valence-electron chi connectivity index (χ4n) is 2.19. The number of hydrogen-bond acceptors (Lipinski definition) is 2. The smallest absolute Gasteiger partial charge is 0.317 e. The van der Waals surface area contributed by atoms with E-state index in [-0.39, 0.29) is 12.6 Å². The van der Waals surface area contributed by atoms with Crippen LogP contribution >= 0.6 is 0 Å². The lowest BCUT2D eigenvalue weighted by atomic mass is 9.82. The summed E-state index contributed by atoms with van der Waals surface area (Å²) in [5.41, 5.74) is 0.447. The number of nitrogens with zero attached hydrogens (tertiary/aromatic N) is 1. The lowest BCUT2D eigenvalue weighted by Crippen LogP contribution is -2.48. The van der Waals surface area contributed by atoms with E-state index in [1.54, 1.807) is 4.90 Å². The fraction of sp³-hybridized carbons (Fsp3) is 0.714. The molecule has 5 heteroatoms. The summed E-state index contributed by atoms with van der Waals surface area (Å²) in [6, 6.07) is -0.170. The highest BCUT2D eigenvalue weighted by Crippen LogP contribution is 2.25. The minimum absolute atomic E-state index is 0.170. The van der Waals surface area contributed by atoms with Crippen LogP contribution in [-0.4, -0.2) is 41.6 Å². The fourth-order valence-corrected chi connectivity index (χ4v) is 2.19. The van der Waals surface area contributed by atoms with Gasteiger partial charge in [-0.1, -0.05) is 25.5 Å². The van der Waals surface area contributed by atoms with Gasteiger partial charge in [0.1, 0.15) is 0 Å². The summed E-state index contributed by atoms with van der Waals surface area (Å²) in [6.45, 7) is 7.24. The Morgan fingerprint density at radius 2 is 2.05 bits per heavy atom. The van der Waals surface area contributed by atoms with Crippen LogP contribution in [0.1, 0.15) is 40.0 Å². The Bertz CT molecular complexity index is 373. The maximum atomic E-state index is 12.0. The summed E-state index contributed by atoms with van der Waals surface area (Å²) < 4.78 is 0. The van der Waals surface area contributed by atoms with Crippen molar-refractivity contribution in [1.82, 2.24) is 10.2 Å². The largest absolute Gasteiger partial charge is 0.481 e. The maximum Gasteiger partial charge on any atom is 0.317 e. The molecule has 5 nitrogen and oxygen atoms in total. The van der Waals surface area contributed by atoms with Crippen molar-refractivity contribution >= 4 is 12.0 Å². The summed E-state index contributed by atoms with van der Waals surface area (Å²) in [4.78, 5) is 25.1. The van der Waals surface area contributed by atoms with Gasteiger partial charge in [0.2, 0.25) is 0 Å². The topological polar surface area (TPSA) is 69.6 Å². The normalized spacial score (nSPS) is 15.9. The van der Waals surface area contributed by atoms with Crippen molar-refractivity contribution in [3.05, 3.63) is 11.6 Å². The van der Waals surface area contributed by atoms with E-state index in [0.717, 1.165) is 6.42 Å². The van der Waals surface area contributed by atoms with Crippen LogP contribution in [0.5, 0.6) is 0 Å². The molecule has 0 saturated heterocycles. The standard InChI is InChI=1S/C14H24N2O3/c1-4-14(5-2,12(17)18)10-15-13(19)16-8-6-11(3)7-9-16/h6H,4-5,7-10H2,1-3H3,(H,15,19)(H,17,18). The Morgan fingerprint density at radius 1 is 1.42 bits per heavy atom. The Labute approximate surface area is 114 Å². The van der Waals surface area contributed by atoms with E-state index in [0.29, 0.717) is 25.9 Å². The first-order valence-corrected chi connectivity index (χ1v) is 6.87. The third-order valence-corrected chi connectivity index (χ3v) is 4.11. The third-order valence-electron chi connectivity index (χ3n) is 4.11. The van der Waals surface area contributed by atoms with Gasteiger partial charge in [-0.05, 0) is 26.2 Å². The minimum atomic E-state index is -0.850. The van der Waals surface area contributed by atoms with Crippen molar-refractivity contribution in [2.75, 3.05) is 19.6 Å². The van der Waals surface area contributed by atoms with Crippen molar-refractivity contribution < 1.29 is 14.7 Å². The van der Waals surface area contributed by atoms with Crippen LogP contribution in [0.2, 0.25) is 0 Å². The zero-order chi connectivity index (χ0) is 14.5. The molecule has 1 aliphatic heterocycles. The quantitative estimate of drug-likeness (QED) is 0.751. The number of urea groups is 1. The molecular weight excluding hydrogens is 244 g/mol. The van der Waals surface area contributed by atoms with Crippen LogP contribution in [0.15, 0.2) is 11.6 Å². The van der Waals surface area contributed by atoms with Gasteiger partial charge in [0.05, 0.1) is 5.41 Å². The van der Waals surface area contributed by atoms with Gasteiger partial charge in [0, 0.05) is 19.6 Å². The second-order valence-corrected chi connectivity index (χ2v) is 5.20. The molecule has 0 aromatic heterocycles. The molecule has 0 radical (unpaired) electrons. The van der Waals surface area contributed by atoms with E-state index >= 15 is 0 Å². The molecule has 1 aliphatic rings.